The minimum atomic E-state index is 0.490. The van der Waals surface area contributed by atoms with Gasteiger partial charge in [0, 0.05) is 0 Å². The zero-order chi connectivity index (χ0) is 6.95. The summed E-state index contributed by atoms with van der Waals surface area (Å²) in [5.41, 5.74) is 2.03. The molecule has 0 atom stereocenters. The number of unbranched alkanes of at least 4 members (excludes halogenated alkanes) is 2. The topological polar surface area (TPSA) is 44.3 Å². The third-order valence-corrected chi connectivity index (χ3v) is 1.16. The second-order valence-corrected chi connectivity index (χ2v) is 2.04. The van der Waals surface area contributed by atoms with Crippen LogP contribution in [0.5, 0.6) is 0 Å². The average molecular weight is 132 g/mol. The molecular formula is C6H16N2O. The molecule has 0 aliphatic rings. The molecular weight excluding hydrogens is 116 g/mol. The van der Waals surface area contributed by atoms with E-state index in [9.17, 15) is 0 Å². The number of hydrogen-bond donors (Lipinski definition) is 3. The molecule has 3 N–H and O–H groups in total. The summed E-state index contributed by atoms with van der Waals surface area (Å²) < 4.78 is 0. The van der Waals surface area contributed by atoms with Gasteiger partial charge in [-0.3, -0.25) is 0 Å². The Morgan fingerprint density at radius 1 is 1.33 bits per heavy atom. The Hall–Kier alpha value is -0.120. The maximum Gasteiger partial charge on any atom is 0.0698 e. The molecule has 0 unspecified atom stereocenters. The molecule has 56 valence electrons. The van der Waals surface area contributed by atoms with Gasteiger partial charge in [0.1, 0.15) is 0 Å². The SMILES string of the molecule is CCCCCNCNO. The van der Waals surface area contributed by atoms with Gasteiger partial charge < -0.3 is 10.5 Å². The number of hydroxylamine groups is 1. The van der Waals surface area contributed by atoms with Crippen LogP contribution >= 0.6 is 0 Å². The fourth-order valence-electron chi connectivity index (χ4n) is 0.644. The average Bonchev–Trinajstić information content (AvgIpc) is 1.89. The van der Waals surface area contributed by atoms with Crippen LogP contribution in [0.25, 0.3) is 0 Å². The van der Waals surface area contributed by atoms with Gasteiger partial charge in [-0.2, -0.15) is 5.48 Å². The van der Waals surface area contributed by atoms with Crippen LogP contribution in [-0.2, 0) is 0 Å². The Kier molecular flexibility index (Phi) is 7.77. The molecule has 0 radical (unpaired) electrons. The normalized spacial score (nSPS) is 10.0. The predicted octanol–water partition coefficient (Wildman–Crippen LogP) is 0.703. The summed E-state index contributed by atoms with van der Waals surface area (Å²) in [5, 5.41) is 11.1. The fourth-order valence-corrected chi connectivity index (χ4v) is 0.644. The third-order valence-electron chi connectivity index (χ3n) is 1.16. The smallest absolute Gasteiger partial charge is 0.0698 e. The highest BCUT2D eigenvalue weighted by atomic mass is 16.5. The van der Waals surface area contributed by atoms with Gasteiger partial charge in [0.25, 0.3) is 0 Å². The predicted molar refractivity (Wildman–Crippen MR) is 37.3 cm³/mol. The highest BCUT2D eigenvalue weighted by Gasteiger charge is 1.83. The lowest BCUT2D eigenvalue weighted by Crippen LogP contribution is -2.26. The van der Waals surface area contributed by atoms with Crippen molar-refractivity contribution in [3.05, 3.63) is 0 Å². The van der Waals surface area contributed by atoms with E-state index in [1.807, 2.05) is 5.48 Å². The molecule has 0 rings (SSSR count). The van der Waals surface area contributed by atoms with E-state index in [2.05, 4.69) is 12.2 Å². The Morgan fingerprint density at radius 2 is 2.11 bits per heavy atom. The second-order valence-electron chi connectivity index (χ2n) is 2.04. The van der Waals surface area contributed by atoms with E-state index < -0.39 is 0 Å². The van der Waals surface area contributed by atoms with Gasteiger partial charge in [0.15, 0.2) is 0 Å². The van der Waals surface area contributed by atoms with Crippen molar-refractivity contribution in [2.75, 3.05) is 13.2 Å². The van der Waals surface area contributed by atoms with Crippen molar-refractivity contribution >= 4 is 0 Å². The van der Waals surface area contributed by atoms with Crippen molar-refractivity contribution in [3.63, 3.8) is 0 Å². The molecule has 0 aromatic carbocycles. The Labute approximate surface area is 56.4 Å². The number of rotatable bonds is 6. The Morgan fingerprint density at radius 3 is 2.67 bits per heavy atom. The molecule has 0 saturated carbocycles. The lowest BCUT2D eigenvalue weighted by molar-refractivity contribution is 0.158. The molecule has 0 bridgehead atoms. The summed E-state index contributed by atoms with van der Waals surface area (Å²) in [6.07, 6.45) is 3.70. The summed E-state index contributed by atoms with van der Waals surface area (Å²) in [6.45, 7) is 3.65. The molecule has 0 aromatic rings. The molecule has 3 heteroatoms. The maximum absolute atomic E-state index is 8.11. The van der Waals surface area contributed by atoms with Crippen molar-refractivity contribution in [2.45, 2.75) is 26.2 Å². The van der Waals surface area contributed by atoms with Gasteiger partial charge in [0.05, 0.1) is 6.67 Å². The largest absolute Gasteiger partial charge is 0.316 e. The van der Waals surface area contributed by atoms with Crippen LogP contribution in [0.2, 0.25) is 0 Å². The van der Waals surface area contributed by atoms with Crippen LogP contribution < -0.4 is 10.8 Å². The summed E-state index contributed by atoms with van der Waals surface area (Å²) in [4.78, 5) is 0. The van der Waals surface area contributed by atoms with Gasteiger partial charge in [-0.05, 0) is 13.0 Å². The minimum absolute atomic E-state index is 0.490. The van der Waals surface area contributed by atoms with Crippen LogP contribution in [-0.4, -0.2) is 18.4 Å². The van der Waals surface area contributed by atoms with Gasteiger partial charge in [-0.1, -0.05) is 19.8 Å². The summed E-state index contributed by atoms with van der Waals surface area (Å²) in [7, 11) is 0. The number of hydrogen-bond acceptors (Lipinski definition) is 3. The minimum Gasteiger partial charge on any atom is -0.316 e. The van der Waals surface area contributed by atoms with Crippen molar-refractivity contribution in [1.29, 1.82) is 0 Å². The quantitative estimate of drug-likeness (QED) is 0.283. The first-order chi connectivity index (χ1) is 4.41. The van der Waals surface area contributed by atoms with E-state index in [1.54, 1.807) is 0 Å². The molecule has 0 aliphatic heterocycles. The van der Waals surface area contributed by atoms with Crippen molar-refractivity contribution in [3.8, 4) is 0 Å². The molecule has 0 heterocycles. The van der Waals surface area contributed by atoms with Crippen LogP contribution in [0.4, 0.5) is 0 Å². The molecule has 0 fully saturated rings. The summed E-state index contributed by atoms with van der Waals surface area (Å²) in [5.74, 6) is 0. The van der Waals surface area contributed by atoms with E-state index in [4.69, 9.17) is 5.21 Å². The lowest BCUT2D eigenvalue weighted by Gasteiger charge is -2.00. The first-order valence-corrected chi connectivity index (χ1v) is 3.49. The van der Waals surface area contributed by atoms with E-state index in [1.165, 1.54) is 19.3 Å². The van der Waals surface area contributed by atoms with Gasteiger partial charge in [-0.25, -0.2) is 0 Å². The molecule has 3 nitrogen and oxygen atoms in total. The first kappa shape index (κ1) is 8.88. The molecule has 0 spiro atoms. The van der Waals surface area contributed by atoms with E-state index in [-0.39, 0.29) is 0 Å². The molecule has 0 aliphatic carbocycles. The zero-order valence-corrected chi connectivity index (χ0v) is 5.98. The molecule has 9 heavy (non-hydrogen) atoms. The van der Waals surface area contributed by atoms with E-state index in [0.29, 0.717) is 6.67 Å². The monoisotopic (exact) mass is 132 g/mol. The van der Waals surface area contributed by atoms with E-state index in [0.717, 1.165) is 6.54 Å². The standard InChI is InChI=1S/C6H16N2O/c1-2-3-4-5-7-6-8-9/h7-9H,2-6H2,1H3. The van der Waals surface area contributed by atoms with Gasteiger partial charge >= 0.3 is 0 Å². The van der Waals surface area contributed by atoms with Crippen LogP contribution in [0.15, 0.2) is 0 Å². The number of nitrogens with one attached hydrogen (secondary N) is 2. The van der Waals surface area contributed by atoms with Crippen LogP contribution in [0.3, 0.4) is 0 Å². The van der Waals surface area contributed by atoms with Crippen molar-refractivity contribution in [1.82, 2.24) is 10.8 Å². The second kappa shape index (κ2) is 7.88. The molecule has 0 saturated heterocycles. The van der Waals surface area contributed by atoms with Gasteiger partial charge in [-0.15, -0.1) is 0 Å². The van der Waals surface area contributed by atoms with Crippen LogP contribution in [0.1, 0.15) is 26.2 Å². The Bertz CT molecular complexity index is 44.3. The Balaban J connectivity index is 2.60. The molecule has 0 amide bonds. The van der Waals surface area contributed by atoms with Gasteiger partial charge in [0.2, 0.25) is 0 Å². The van der Waals surface area contributed by atoms with Crippen molar-refractivity contribution < 1.29 is 5.21 Å². The molecule has 0 aromatic heterocycles. The highest BCUT2D eigenvalue weighted by Crippen LogP contribution is 1.89. The van der Waals surface area contributed by atoms with Crippen molar-refractivity contribution in [2.24, 2.45) is 0 Å². The lowest BCUT2D eigenvalue weighted by atomic mass is 10.2. The van der Waals surface area contributed by atoms with Crippen LogP contribution in [0, 0.1) is 0 Å². The zero-order valence-electron chi connectivity index (χ0n) is 5.98. The first-order valence-electron chi connectivity index (χ1n) is 3.49. The third kappa shape index (κ3) is 7.88. The highest BCUT2D eigenvalue weighted by molar-refractivity contribution is 4.42. The maximum atomic E-state index is 8.11. The summed E-state index contributed by atoms with van der Waals surface area (Å²) >= 11 is 0. The summed E-state index contributed by atoms with van der Waals surface area (Å²) in [6, 6.07) is 0. The fraction of sp³-hybridized carbons (Fsp3) is 1.00. The van der Waals surface area contributed by atoms with E-state index >= 15 is 0 Å².